The molecule has 0 spiro atoms. The number of benzene rings is 2. The van der Waals surface area contributed by atoms with Gasteiger partial charge >= 0.3 is 5.97 Å². The van der Waals surface area contributed by atoms with Crippen molar-refractivity contribution in [2.45, 2.75) is 46.6 Å². The van der Waals surface area contributed by atoms with Gasteiger partial charge in [0.2, 0.25) is 0 Å². The van der Waals surface area contributed by atoms with Crippen LogP contribution in [0, 0.1) is 5.41 Å². The molecule has 0 unspecified atom stereocenters. The molecule has 2 aromatic carbocycles. The van der Waals surface area contributed by atoms with Gasteiger partial charge in [0.15, 0.2) is 0 Å². The third-order valence-electron chi connectivity index (χ3n) is 6.67. The zero-order valence-electron chi connectivity index (χ0n) is 25.8. The van der Waals surface area contributed by atoms with Crippen molar-refractivity contribution in [1.29, 1.82) is 0 Å². The molecule has 1 N–H and O–H groups in total. The highest BCUT2D eigenvalue weighted by Crippen LogP contribution is 2.38. The first-order valence-electron chi connectivity index (χ1n) is 14.1. The largest absolute Gasteiger partial charge is 0.494 e. The molecule has 0 saturated carbocycles. The Hall–Kier alpha value is -3.40. The molecule has 232 valence electrons. The van der Waals surface area contributed by atoms with Crippen LogP contribution in [0.3, 0.4) is 0 Å². The molecule has 0 bridgehead atoms. The zero-order chi connectivity index (χ0) is 31.7. The van der Waals surface area contributed by atoms with Crippen molar-refractivity contribution in [2.75, 3.05) is 41.0 Å². The van der Waals surface area contributed by atoms with Crippen LogP contribution in [0.25, 0.3) is 22.5 Å². The molecule has 0 aliphatic heterocycles. The maximum Gasteiger partial charge on any atom is 0.307 e. The first-order chi connectivity index (χ1) is 20.3. The molecular weight excluding hydrogens is 591 g/mol. The van der Waals surface area contributed by atoms with Gasteiger partial charge in [-0.05, 0) is 63.2 Å². The summed E-state index contributed by atoms with van der Waals surface area (Å²) in [6, 6.07) is 10.1. The Labute approximate surface area is 263 Å². The zero-order valence-corrected chi connectivity index (χ0v) is 27.3. The number of carbonyl (C=O) groups excluding carboxylic acids is 2. The quantitative estimate of drug-likeness (QED) is 0.167. The average Bonchev–Trinajstić information content (AvgIpc) is 2.96. The van der Waals surface area contributed by atoms with Gasteiger partial charge in [-0.15, -0.1) is 0 Å². The fraction of sp³-hybridized carbons (Fsp3) is 0.438. The van der Waals surface area contributed by atoms with Crippen LogP contribution in [0.15, 0.2) is 42.6 Å². The van der Waals surface area contributed by atoms with Gasteiger partial charge in [0.05, 0.1) is 54.4 Å². The molecule has 11 heteroatoms. The van der Waals surface area contributed by atoms with Crippen LogP contribution in [0.4, 0.5) is 0 Å². The molecule has 3 rings (SSSR count). The molecule has 1 heterocycles. The molecule has 0 aliphatic carbocycles. The summed E-state index contributed by atoms with van der Waals surface area (Å²) < 4.78 is 16.6. The summed E-state index contributed by atoms with van der Waals surface area (Å²) in [5.41, 5.74) is 1.71. The number of aromatic nitrogens is 2. The summed E-state index contributed by atoms with van der Waals surface area (Å²) in [6.07, 6.45) is 2.22. The molecule has 0 saturated heterocycles. The maximum atomic E-state index is 13.5. The van der Waals surface area contributed by atoms with Crippen molar-refractivity contribution < 1.29 is 23.8 Å². The average molecular weight is 632 g/mol. The van der Waals surface area contributed by atoms with Crippen molar-refractivity contribution in [3.05, 3.63) is 58.3 Å². The van der Waals surface area contributed by atoms with E-state index in [0.29, 0.717) is 57.3 Å². The molecule has 0 aliphatic rings. The summed E-state index contributed by atoms with van der Waals surface area (Å²) in [4.78, 5) is 37.1. The third kappa shape index (κ3) is 9.55. The minimum absolute atomic E-state index is 0.00957. The Morgan fingerprint density at radius 3 is 2.40 bits per heavy atom. The van der Waals surface area contributed by atoms with E-state index in [1.807, 2.05) is 41.8 Å². The molecule has 1 amide bonds. The van der Waals surface area contributed by atoms with E-state index in [4.69, 9.17) is 42.4 Å². The molecule has 9 nitrogen and oxygen atoms in total. The first-order valence-corrected chi connectivity index (χ1v) is 14.8. The minimum Gasteiger partial charge on any atom is -0.494 e. The van der Waals surface area contributed by atoms with E-state index in [1.54, 1.807) is 36.4 Å². The summed E-state index contributed by atoms with van der Waals surface area (Å²) in [7, 11) is 5.32. The van der Waals surface area contributed by atoms with E-state index in [2.05, 4.69) is 15.2 Å². The van der Waals surface area contributed by atoms with Gasteiger partial charge in [0, 0.05) is 23.7 Å². The molecule has 1 aromatic heterocycles. The van der Waals surface area contributed by atoms with Gasteiger partial charge in [-0.25, -0.2) is 4.98 Å². The van der Waals surface area contributed by atoms with E-state index in [0.717, 1.165) is 13.0 Å². The lowest BCUT2D eigenvalue weighted by Crippen LogP contribution is -2.45. The van der Waals surface area contributed by atoms with Gasteiger partial charge in [0.1, 0.15) is 17.2 Å². The first kappa shape index (κ1) is 34.1. The predicted octanol–water partition coefficient (Wildman–Crippen LogP) is 6.55. The summed E-state index contributed by atoms with van der Waals surface area (Å²) in [6.45, 7) is 9.51. The monoisotopic (exact) mass is 630 g/mol. The van der Waals surface area contributed by atoms with Crippen molar-refractivity contribution in [3.63, 3.8) is 0 Å². The predicted molar refractivity (Wildman–Crippen MR) is 170 cm³/mol. The van der Waals surface area contributed by atoms with Crippen LogP contribution in [-0.2, 0) is 9.53 Å². The Balaban J connectivity index is 2.10. The molecule has 0 radical (unpaired) electrons. The molecule has 0 fully saturated rings. The van der Waals surface area contributed by atoms with Crippen LogP contribution in [-0.4, -0.2) is 73.7 Å². The van der Waals surface area contributed by atoms with Gasteiger partial charge in [-0.2, -0.15) is 0 Å². The number of hydrogen-bond donors (Lipinski definition) is 1. The van der Waals surface area contributed by atoms with Crippen molar-refractivity contribution in [3.8, 4) is 34.0 Å². The van der Waals surface area contributed by atoms with E-state index < -0.39 is 23.3 Å². The number of amides is 1. The number of ether oxygens (including phenoxy) is 3. The number of rotatable bonds is 13. The van der Waals surface area contributed by atoms with E-state index >= 15 is 0 Å². The lowest BCUT2D eigenvalue weighted by molar-refractivity contribution is -0.141. The molecule has 43 heavy (non-hydrogen) atoms. The summed E-state index contributed by atoms with van der Waals surface area (Å²) in [5.74, 6) is 0.201. The number of nitrogens with zero attached hydrogens (tertiary/aromatic N) is 3. The molecular formula is C32H40Cl2N4O5. The maximum absolute atomic E-state index is 13.5. The van der Waals surface area contributed by atoms with E-state index in [-0.39, 0.29) is 12.1 Å². The highest BCUT2D eigenvalue weighted by molar-refractivity contribution is 6.33. The number of halogens is 2. The van der Waals surface area contributed by atoms with Crippen molar-refractivity contribution in [2.24, 2.45) is 5.41 Å². The highest BCUT2D eigenvalue weighted by Gasteiger charge is 2.30. The molecule has 1 atom stereocenters. The van der Waals surface area contributed by atoms with Gasteiger partial charge < -0.3 is 24.4 Å². The number of nitrogens with one attached hydrogen (secondary N) is 1. The van der Waals surface area contributed by atoms with Crippen molar-refractivity contribution in [1.82, 2.24) is 20.2 Å². The lowest BCUT2D eigenvalue weighted by Gasteiger charge is -2.30. The van der Waals surface area contributed by atoms with E-state index in [1.165, 1.54) is 13.3 Å². The Morgan fingerprint density at radius 2 is 1.74 bits per heavy atom. The smallest absolute Gasteiger partial charge is 0.307 e. The fourth-order valence-electron chi connectivity index (χ4n) is 4.22. The normalized spacial score (nSPS) is 12.1. The second-order valence-electron chi connectivity index (χ2n) is 11.3. The minimum atomic E-state index is -0.507. The lowest BCUT2D eigenvalue weighted by atomic mass is 9.84. The Bertz CT molecular complexity index is 1430. The SMILES string of the molecule is CCOc1ccc(Cl)c(-c2ncc(C(=O)N[C@@H](CC(=O)OC)C(C)(C)C)nc2-c2ccc(Cl)c(OCCCN(C)C)c2)c1. The standard InChI is InChI=1S/C32H40Cl2N4O5/c1-8-42-21-11-13-23(33)22(17-21)30-29(20-10-12-24(34)26(16-20)43-15-9-14-38(5)6)36-25(19-35-30)31(40)37-27(32(2,3)4)18-28(39)41-7/h10-13,16-17,19,27H,8-9,14-15,18H2,1-7H3,(H,37,40)/t27-/m0/s1. The topological polar surface area (TPSA) is 103 Å². The van der Waals surface area contributed by atoms with Crippen LogP contribution in [0.1, 0.15) is 51.0 Å². The fourth-order valence-corrected chi connectivity index (χ4v) is 4.60. The van der Waals surface area contributed by atoms with Crippen molar-refractivity contribution >= 4 is 35.1 Å². The van der Waals surface area contributed by atoms with Gasteiger partial charge in [-0.1, -0.05) is 50.0 Å². The number of esters is 1. The van der Waals surface area contributed by atoms with Gasteiger partial charge in [0.25, 0.3) is 5.91 Å². The van der Waals surface area contributed by atoms with Gasteiger partial charge in [-0.3, -0.25) is 14.6 Å². The third-order valence-corrected chi connectivity index (χ3v) is 7.31. The Kier molecular flexibility index (Phi) is 12.2. The number of hydrogen-bond acceptors (Lipinski definition) is 8. The second kappa shape index (κ2) is 15.4. The van der Waals surface area contributed by atoms with Crippen LogP contribution in [0.5, 0.6) is 11.5 Å². The van der Waals surface area contributed by atoms with Crippen LogP contribution < -0.4 is 14.8 Å². The van der Waals surface area contributed by atoms with Crippen LogP contribution >= 0.6 is 23.2 Å². The number of methoxy groups -OCH3 is 1. The van der Waals surface area contributed by atoms with Crippen LogP contribution in [0.2, 0.25) is 10.0 Å². The second-order valence-corrected chi connectivity index (χ2v) is 12.2. The highest BCUT2D eigenvalue weighted by atomic mass is 35.5. The summed E-state index contributed by atoms with van der Waals surface area (Å²) in [5, 5.41) is 3.83. The Morgan fingerprint density at radius 1 is 1.02 bits per heavy atom. The number of carbonyl (C=O) groups is 2. The van der Waals surface area contributed by atoms with E-state index in [9.17, 15) is 9.59 Å². The molecule has 3 aromatic rings. The summed E-state index contributed by atoms with van der Waals surface area (Å²) >= 11 is 13.1.